The zero-order chi connectivity index (χ0) is 16.9. The van der Waals surface area contributed by atoms with Crippen molar-refractivity contribution >= 4 is 16.9 Å². The van der Waals surface area contributed by atoms with Crippen molar-refractivity contribution in [2.75, 3.05) is 37.6 Å². The lowest BCUT2D eigenvalue weighted by atomic mass is 10.0. The Labute approximate surface area is 140 Å². The van der Waals surface area contributed by atoms with Gasteiger partial charge in [-0.3, -0.25) is 9.58 Å². The Balaban J connectivity index is 1.63. The van der Waals surface area contributed by atoms with Gasteiger partial charge in [0.15, 0.2) is 5.65 Å². The van der Waals surface area contributed by atoms with Crippen LogP contribution in [0.25, 0.3) is 11.0 Å². The minimum absolute atomic E-state index is 0.0692. The highest BCUT2D eigenvalue weighted by Gasteiger charge is 2.22. The van der Waals surface area contributed by atoms with Crippen LogP contribution in [0.1, 0.15) is 12.8 Å². The highest BCUT2D eigenvalue weighted by Crippen LogP contribution is 2.23. The molecule has 0 aliphatic carbocycles. The molecule has 8 heteroatoms. The van der Waals surface area contributed by atoms with Gasteiger partial charge in [0, 0.05) is 46.2 Å². The second-order valence-electron chi connectivity index (χ2n) is 6.01. The summed E-state index contributed by atoms with van der Waals surface area (Å²) in [6, 6.07) is 4.43. The van der Waals surface area contributed by atoms with E-state index in [1.54, 1.807) is 11.0 Å². The van der Waals surface area contributed by atoms with Crippen molar-refractivity contribution in [2.45, 2.75) is 12.8 Å². The molecule has 2 aromatic heterocycles. The number of anilines is 1. The summed E-state index contributed by atoms with van der Waals surface area (Å²) in [4.78, 5) is 13.3. The Kier molecular flexibility index (Phi) is 4.88. The fraction of sp³-hybridized carbons (Fsp3) is 0.562. The zero-order valence-corrected chi connectivity index (χ0v) is 13.8. The Bertz CT molecular complexity index is 775. The van der Waals surface area contributed by atoms with Crippen LogP contribution in [0.4, 0.5) is 5.82 Å². The number of aromatic nitrogens is 4. The SMILES string of the molecule is Cn1ncc2c(N3CCN(C[C@H](C#N)CCC#N)CC3)ncnc21. The van der Waals surface area contributed by atoms with E-state index in [2.05, 4.69) is 37.0 Å². The number of piperazine rings is 1. The van der Waals surface area contributed by atoms with E-state index in [1.807, 2.05) is 13.2 Å². The van der Waals surface area contributed by atoms with Gasteiger partial charge in [-0.25, -0.2) is 9.97 Å². The van der Waals surface area contributed by atoms with Crippen LogP contribution >= 0.6 is 0 Å². The lowest BCUT2D eigenvalue weighted by Crippen LogP contribution is -2.48. The molecule has 0 aromatic carbocycles. The van der Waals surface area contributed by atoms with E-state index in [0.717, 1.165) is 49.6 Å². The van der Waals surface area contributed by atoms with Crippen molar-refractivity contribution in [3.05, 3.63) is 12.5 Å². The summed E-state index contributed by atoms with van der Waals surface area (Å²) in [5, 5.41) is 23.1. The summed E-state index contributed by atoms with van der Waals surface area (Å²) in [6.45, 7) is 4.22. The summed E-state index contributed by atoms with van der Waals surface area (Å²) in [6.07, 6.45) is 4.48. The van der Waals surface area contributed by atoms with E-state index in [4.69, 9.17) is 5.26 Å². The van der Waals surface area contributed by atoms with Crippen LogP contribution in [0.5, 0.6) is 0 Å². The fourth-order valence-corrected chi connectivity index (χ4v) is 3.09. The molecule has 1 saturated heterocycles. The molecule has 1 aliphatic rings. The van der Waals surface area contributed by atoms with Crippen LogP contribution in [0.15, 0.2) is 12.5 Å². The van der Waals surface area contributed by atoms with Gasteiger partial charge >= 0.3 is 0 Å². The molecule has 1 fully saturated rings. The molecule has 0 amide bonds. The van der Waals surface area contributed by atoms with Crippen LogP contribution in [-0.4, -0.2) is 57.4 Å². The maximum atomic E-state index is 9.21. The number of rotatable bonds is 5. The van der Waals surface area contributed by atoms with E-state index in [-0.39, 0.29) is 5.92 Å². The second kappa shape index (κ2) is 7.24. The monoisotopic (exact) mass is 324 g/mol. The number of fused-ring (bicyclic) bond motifs is 1. The Morgan fingerprint density at radius 2 is 2.00 bits per heavy atom. The van der Waals surface area contributed by atoms with Gasteiger partial charge in [-0.15, -0.1) is 0 Å². The zero-order valence-electron chi connectivity index (χ0n) is 13.8. The predicted molar refractivity (Wildman–Crippen MR) is 88.9 cm³/mol. The van der Waals surface area contributed by atoms with Crippen LogP contribution in [0.3, 0.4) is 0 Å². The van der Waals surface area contributed by atoms with Crippen molar-refractivity contribution in [1.82, 2.24) is 24.6 Å². The molecule has 0 unspecified atom stereocenters. The van der Waals surface area contributed by atoms with Crippen molar-refractivity contribution in [1.29, 1.82) is 10.5 Å². The predicted octanol–water partition coefficient (Wildman–Crippen LogP) is 0.929. The third-order valence-corrected chi connectivity index (χ3v) is 4.45. The van der Waals surface area contributed by atoms with Crippen LogP contribution in [0.2, 0.25) is 0 Å². The standard InChI is InChI=1S/C16H20N8/c1-22-15-14(10-21-22)16(20-12-19-15)24-7-5-23(6-8-24)11-13(9-18)3-2-4-17/h10,12-13H,2-3,5-8,11H2,1H3/t13-/m0/s1. The second-order valence-corrected chi connectivity index (χ2v) is 6.01. The third kappa shape index (κ3) is 3.29. The van der Waals surface area contributed by atoms with Crippen molar-refractivity contribution in [3.8, 4) is 12.1 Å². The first kappa shape index (κ1) is 16.2. The van der Waals surface area contributed by atoms with Crippen LogP contribution in [-0.2, 0) is 7.05 Å². The molecule has 24 heavy (non-hydrogen) atoms. The van der Waals surface area contributed by atoms with Crippen molar-refractivity contribution < 1.29 is 0 Å². The Morgan fingerprint density at radius 3 is 2.71 bits per heavy atom. The minimum atomic E-state index is -0.0692. The molecule has 2 aromatic rings. The largest absolute Gasteiger partial charge is 0.353 e. The average molecular weight is 324 g/mol. The molecule has 0 bridgehead atoms. The van der Waals surface area contributed by atoms with Gasteiger partial charge in [0.25, 0.3) is 0 Å². The minimum Gasteiger partial charge on any atom is -0.353 e. The quantitative estimate of drug-likeness (QED) is 0.807. The molecule has 0 N–H and O–H groups in total. The summed E-state index contributed by atoms with van der Waals surface area (Å²) in [5.74, 6) is 0.856. The average Bonchev–Trinajstić information content (AvgIpc) is 3.00. The van der Waals surface area contributed by atoms with Gasteiger partial charge < -0.3 is 4.90 Å². The van der Waals surface area contributed by atoms with E-state index in [0.29, 0.717) is 12.8 Å². The molecule has 0 spiro atoms. The third-order valence-electron chi connectivity index (χ3n) is 4.45. The van der Waals surface area contributed by atoms with Gasteiger partial charge in [-0.1, -0.05) is 0 Å². The highest BCUT2D eigenvalue weighted by atomic mass is 15.3. The first-order chi connectivity index (χ1) is 11.7. The van der Waals surface area contributed by atoms with E-state index >= 15 is 0 Å². The van der Waals surface area contributed by atoms with Gasteiger partial charge in [-0.2, -0.15) is 15.6 Å². The summed E-state index contributed by atoms with van der Waals surface area (Å²) in [5.41, 5.74) is 0.837. The van der Waals surface area contributed by atoms with E-state index in [1.165, 1.54) is 0 Å². The number of aryl methyl sites for hydroxylation is 1. The molecule has 3 rings (SSSR count). The number of hydrogen-bond acceptors (Lipinski definition) is 7. The topological polar surface area (TPSA) is 97.7 Å². The molecular formula is C16H20N8. The molecule has 1 atom stereocenters. The molecule has 1 aliphatic heterocycles. The van der Waals surface area contributed by atoms with E-state index in [9.17, 15) is 5.26 Å². The van der Waals surface area contributed by atoms with Crippen LogP contribution in [0, 0.1) is 28.6 Å². The lowest BCUT2D eigenvalue weighted by Gasteiger charge is -2.36. The first-order valence-electron chi connectivity index (χ1n) is 8.09. The maximum Gasteiger partial charge on any atom is 0.163 e. The number of nitriles is 2. The van der Waals surface area contributed by atoms with Gasteiger partial charge in [-0.05, 0) is 6.42 Å². The Hall–Kier alpha value is -2.71. The van der Waals surface area contributed by atoms with Gasteiger partial charge in [0.05, 0.1) is 29.6 Å². The summed E-state index contributed by atoms with van der Waals surface area (Å²) in [7, 11) is 1.88. The van der Waals surface area contributed by atoms with Crippen molar-refractivity contribution in [3.63, 3.8) is 0 Å². The molecule has 0 radical (unpaired) electrons. The smallest absolute Gasteiger partial charge is 0.163 e. The van der Waals surface area contributed by atoms with Crippen molar-refractivity contribution in [2.24, 2.45) is 13.0 Å². The van der Waals surface area contributed by atoms with Gasteiger partial charge in [0.1, 0.15) is 12.1 Å². The molecular weight excluding hydrogens is 304 g/mol. The summed E-state index contributed by atoms with van der Waals surface area (Å²) < 4.78 is 1.75. The first-order valence-corrected chi connectivity index (χ1v) is 8.09. The fourth-order valence-electron chi connectivity index (χ4n) is 3.09. The number of hydrogen-bond donors (Lipinski definition) is 0. The number of nitrogens with zero attached hydrogens (tertiary/aromatic N) is 8. The Morgan fingerprint density at radius 1 is 1.21 bits per heavy atom. The molecule has 3 heterocycles. The molecule has 124 valence electrons. The highest BCUT2D eigenvalue weighted by molar-refractivity contribution is 5.86. The van der Waals surface area contributed by atoms with E-state index < -0.39 is 0 Å². The van der Waals surface area contributed by atoms with Gasteiger partial charge in [0.2, 0.25) is 0 Å². The molecule has 8 nitrogen and oxygen atoms in total. The normalized spacial score (nSPS) is 16.7. The maximum absolute atomic E-state index is 9.21. The summed E-state index contributed by atoms with van der Waals surface area (Å²) >= 11 is 0. The van der Waals surface area contributed by atoms with Crippen LogP contribution < -0.4 is 4.90 Å². The molecule has 0 saturated carbocycles. The lowest BCUT2D eigenvalue weighted by molar-refractivity contribution is 0.233.